The minimum absolute atomic E-state index is 0.0141. The number of benzene rings is 1. The second kappa shape index (κ2) is 8.96. The number of carbonyl (C=O) groups excluding carboxylic acids is 2. The minimum Gasteiger partial charge on any atom is -0.309 e. The molecular weight excluding hydrogens is 286 g/mol. The molecule has 0 unspecified atom stereocenters. The monoisotopic (exact) mass is 309 g/mol. The summed E-state index contributed by atoms with van der Waals surface area (Å²) < 4.78 is 0. The SMILES string of the molecule is CCC(=O)c1cccc(CC(=O)CCCCN(C)C)c1Cl. The lowest BCUT2D eigenvalue weighted by atomic mass is 10.0. The number of nitrogens with zero attached hydrogens (tertiary/aromatic N) is 1. The Morgan fingerprint density at radius 1 is 1.19 bits per heavy atom. The first-order valence-corrected chi connectivity index (χ1v) is 7.80. The van der Waals surface area contributed by atoms with Crippen molar-refractivity contribution in [1.82, 2.24) is 4.90 Å². The van der Waals surface area contributed by atoms with Gasteiger partial charge >= 0.3 is 0 Å². The third-order valence-corrected chi connectivity index (χ3v) is 3.85. The Hall–Kier alpha value is -1.19. The van der Waals surface area contributed by atoms with Crippen molar-refractivity contribution < 1.29 is 9.59 Å². The molecule has 0 aromatic heterocycles. The van der Waals surface area contributed by atoms with Crippen LogP contribution in [0.25, 0.3) is 0 Å². The summed E-state index contributed by atoms with van der Waals surface area (Å²) in [7, 11) is 4.05. The Bertz CT molecular complexity index is 498. The van der Waals surface area contributed by atoms with E-state index in [-0.39, 0.29) is 11.6 Å². The Morgan fingerprint density at radius 3 is 2.52 bits per heavy atom. The molecule has 4 heteroatoms. The zero-order valence-corrected chi connectivity index (χ0v) is 13.9. The Balaban J connectivity index is 2.58. The third-order valence-electron chi connectivity index (χ3n) is 3.40. The highest BCUT2D eigenvalue weighted by molar-refractivity contribution is 6.34. The van der Waals surface area contributed by atoms with E-state index in [9.17, 15) is 9.59 Å². The van der Waals surface area contributed by atoms with Crippen LogP contribution in [0.4, 0.5) is 0 Å². The molecule has 1 rings (SSSR count). The summed E-state index contributed by atoms with van der Waals surface area (Å²) >= 11 is 6.25. The summed E-state index contributed by atoms with van der Waals surface area (Å²) in [6, 6.07) is 5.34. The van der Waals surface area contributed by atoms with E-state index >= 15 is 0 Å². The highest BCUT2D eigenvalue weighted by Gasteiger charge is 2.13. The van der Waals surface area contributed by atoms with Crippen molar-refractivity contribution >= 4 is 23.2 Å². The number of unbranched alkanes of at least 4 members (excludes halogenated alkanes) is 1. The van der Waals surface area contributed by atoms with E-state index in [1.54, 1.807) is 19.1 Å². The van der Waals surface area contributed by atoms with E-state index in [0.717, 1.165) is 24.9 Å². The molecule has 0 saturated carbocycles. The van der Waals surface area contributed by atoms with E-state index in [1.165, 1.54) is 0 Å². The molecule has 0 N–H and O–H groups in total. The predicted molar refractivity (Wildman–Crippen MR) is 87.2 cm³/mol. The van der Waals surface area contributed by atoms with E-state index < -0.39 is 0 Å². The number of hydrogen-bond donors (Lipinski definition) is 0. The standard InChI is InChI=1S/C17H24ClNO2/c1-4-16(21)15-10-7-8-13(17(15)18)12-14(20)9-5-6-11-19(2)3/h7-8,10H,4-6,9,11-12H2,1-3H3. The van der Waals surface area contributed by atoms with Gasteiger partial charge < -0.3 is 4.90 Å². The van der Waals surface area contributed by atoms with Crippen molar-refractivity contribution in [3.05, 3.63) is 34.3 Å². The number of hydrogen-bond acceptors (Lipinski definition) is 3. The van der Waals surface area contributed by atoms with Gasteiger partial charge in [0.2, 0.25) is 0 Å². The lowest BCUT2D eigenvalue weighted by Gasteiger charge is -2.09. The van der Waals surface area contributed by atoms with Gasteiger partial charge in [-0.25, -0.2) is 0 Å². The van der Waals surface area contributed by atoms with Gasteiger partial charge in [-0.1, -0.05) is 30.7 Å². The fourth-order valence-corrected chi connectivity index (χ4v) is 2.47. The van der Waals surface area contributed by atoms with Crippen LogP contribution in [0.2, 0.25) is 5.02 Å². The molecule has 0 amide bonds. The number of Topliss-reactive ketones (excluding diaryl/α,β-unsaturated/α-hetero) is 2. The molecule has 0 bridgehead atoms. The summed E-state index contributed by atoms with van der Waals surface area (Å²) in [5, 5.41) is 0.436. The van der Waals surface area contributed by atoms with Gasteiger partial charge in [0.15, 0.2) is 5.78 Å². The minimum atomic E-state index is 0.0141. The van der Waals surface area contributed by atoms with Crippen LogP contribution in [0.3, 0.4) is 0 Å². The summed E-state index contributed by atoms with van der Waals surface area (Å²) in [6.07, 6.45) is 3.20. The predicted octanol–water partition coefficient (Wildman–Crippen LogP) is 3.78. The Morgan fingerprint density at radius 2 is 1.90 bits per heavy atom. The van der Waals surface area contributed by atoms with Crippen molar-refractivity contribution in [1.29, 1.82) is 0 Å². The lowest BCUT2D eigenvalue weighted by Crippen LogP contribution is -2.13. The molecule has 3 nitrogen and oxygen atoms in total. The second-order valence-corrected chi connectivity index (χ2v) is 5.91. The molecule has 0 heterocycles. The van der Waals surface area contributed by atoms with Crippen LogP contribution in [0.15, 0.2) is 18.2 Å². The summed E-state index contributed by atoms with van der Waals surface area (Å²) in [6.45, 7) is 2.80. The van der Waals surface area contributed by atoms with Crippen LogP contribution in [-0.4, -0.2) is 37.1 Å². The van der Waals surface area contributed by atoms with Gasteiger partial charge in [0, 0.05) is 24.8 Å². The fourth-order valence-electron chi connectivity index (χ4n) is 2.17. The number of rotatable bonds is 9. The van der Waals surface area contributed by atoms with Crippen molar-refractivity contribution in [2.24, 2.45) is 0 Å². The molecule has 0 aliphatic heterocycles. The molecule has 0 radical (unpaired) electrons. The maximum Gasteiger partial charge on any atom is 0.164 e. The number of carbonyl (C=O) groups is 2. The van der Waals surface area contributed by atoms with Crippen molar-refractivity contribution in [2.75, 3.05) is 20.6 Å². The second-order valence-electron chi connectivity index (χ2n) is 5.53. The molecule has 116 valence electrons. The van der Waals surface area contributed by atoms with Gasteiger partial charge in [0.1, 0.15) is 5.78 Å². The normalized spacial score (nSPS) is 10.9. The summed E-state index contributed by atoms with van der Waals surface area (Å²) in [4.78, 5) is 25.9. The van der Waals surface area contributed by atoms with E-state index in [0.29, 0.717) is 29.8 Å². The van der Waals surface area contributed by atoms with Gasteiger partial charge in [-0.2, -0.15) is 0 Å². The molecule has 1 aromatic carbocycles. The van der Waals surface area contributed by atoms with E-state index in [2.05, 4.69) is 4.90 Å². The summed E-state index contributed by atoms with van der Waals surface area (Å²) in [5.74, 6) is 0.192. The van der Waals surface area contributed by atoms with E-state index in [4.69, 9.17) is 11.6 Å². The highest BCUT2D eigenvalue weighted by Crippen LogP contribution is 2.23. The average molecular weight is 310 g/mol. The van der Waals surface area contributed by atoms with Crippen molar-refractivity contribution in [2.45, 2.75) is 39.0 Å². The van der Waals surface area contributed by atoms with Crippen molar-refractivity contribution in [3.63, 3.8) is 0 Å². The van der Waals surface area contributed by atoms with Crippen molar-refractivity contribution in [3.8, 4) is 0 Å². The lowest BCUT2D eigenvalue weighted by molar-refractivity contribution is -0.118. The molecule has 1 aromatic rings. The quantitative estimate of drug-likeness (QED) is 0.514. The van der Waals surface area contributed by atoms with Crippen LogP contribution in [-0.2, 0) is 11.2 Å². The largest absolute Gasteiger partial charge is 0.309 e. The molecule has 21 heavy (non-hydrogen) atoms. The van der Waals surface area contributed by atoms with Crippen LogP contribution in [0.5, 0.6) is 0 Å². The molecule has 0 saturated heterocycles. The zero-order chi connectivity index (χ0) is 15.8. The number of ketones is 2. The topological polar surface area (TPSA) is 37.4 Å². The summed E-state index contributed by atoms with van der Waals surface area (Å²) in [5.41, 5.74) is 1.28. The van der Waals surface area contributed by atoms with Gasteiger partial charge in [0.05, 0.1) is 5.02 Å². The van der Waals surface area contributed by atoms with Crippen LogP contribution >= 0.6 is 11.6 Å². The molecule has 0 spiro atoms. The van der Waals surface area contributed by atoms with Gasteiger partial charge in [-0.05, 0) is 45.1 Å². The van der Waals surface area contributed by atoms with E-state index in [1.807, 2.05) is 20.2 Å². The van der Waals surface area contributed by atoms with Crippen LogP contribution in [0, 0.1) is 0 Å². The molecule has 0 fully saturated rings. The first-order chi connectivity index (χ1) is 9.95. The first-order valence-electron chi connectivity index (χ1n) is 7.42. The Kier molecular flexibility index (Phi) is 7.62. The molecule has 0 aliphatic carbocycles. The smallest absolute Gasteiger partial charge is 0.164 e. The van der Waals surface area contributed by atoms with Crippen LogP contribution < -0.4 is 0 Å². The molecular formula is C17H24ClNO2. The van der Waals surface area contributed by atoms with Gasteiger partial charge in [-0.15, -0.1) is 0 Å². The molecule has 0 atom stereocenters. The van der Waals surface area contributed by atoms with Gasteiger partial charge in [-0.3, -0.25) is 9.59 Å². The highest BCUT2D eigenvalue weighted by atomic mass is 35.5. The van der Waals surface area contributed by atoms with Crippen LogP contribution in [0.1, 0.15) is 48.5 Å². The Labute approximate surface area is 132 Å². The maximum atomic E-state index is 12.0. The first kappa shape index (κ1) is 17.9. The maximum absolute atomic E-state index is 12.0. The average Bonchev–Trinajstić information content (AvgIpc) is 2.45. The zero-order valence-electron chi connectivity index (χ0n) is 13.1. The third kappa shape index (κ3) is 5.98. The molecule has 0 aliphatic rings. The van der Waals surface area contributed by atoms with Gasteiger partial charge in [0.25, 0.3) is 0 Å². The fraction of sp³-hybridized carbons (Fsp3) is 0.529. The number of halogens is 1.